The standard InChI is InChI=1S/C14H22N2O2/c1-4-18-9-5-8-15-14(17)16-13-10-11(2)6-7-12(13)3/h6-7,10H,4-5,8-9H2,1-3H3,(H2,15,16,17). The number of nitrogens with one attached hydrogen (secondary N) is 2. The van der Waals surface area contributed by atoms with Crippen LogP contribution in [0.5, 0.6) is 0 Å². The molecule has 2 amide bonds. The Kier molecular flexibility index (Phi) is 6.22. The molecule has 2 N–H and O–H groups in total. The van der Waals surface area contributed by atoms with Gasteiger partial charge in [0.15, 0.2) is 0 Å². The maximum Gasteiger partial charge on any atom is 0.319 e. The normalized spacial score (nSPS) is 10.2. The summed E-state index contributed by atoms with van der Waals surface area (Å²) in [5.74, 6) is 0. The fraction of sp³-hybridized carbons (Fsp3) is 0.500. The van der Waals surface area contributed by atoms with Crippen molar-refractivity contribution in [2.24, 2.45) is 0 Å². The summed E-state index contributed by atoms with van der Waals surface area (Å²) in [5, 5.41) is 5.66. The molecule has 0 aliphatic heterocycles. The number of hydrogen-bond donors (Lipinski definition) is 2. The van der Waals surface area contributed by atoms with Crippen LogP contribution in [0.15, 0.2) is 18.2 Å². The summed E-state index contributed by atoms with van der Waals surface area (Å²) < 4.78 is 5.20. The van der Waals surface area contributed by atoms with Gasteiger partial charge in [0.2, 0.25) is 0 Å². The lowest BCUT2D eigenvalue weighted by atomic mass is 10.1. The van der Waals surface area contributed by atoms with Crippen molar-refractivity contribution in [1.29, 1.82) is 0 Å². The van der Waals surface area contributed by atoms with Gasteiger partial charge in [0.25, 0.3) is 0 Å². The molecule has 4 heteroatoms. The molecule has 0 radical (unpaired) electrons. The lowest BCUT2D eigenvalue weighted by Gasteiger charge is -2.10. The van der Waals surface area contributed by atoms with Crippen LogP contribution in [0.2, 0.25) is 0 Å². The van der Waals surface area contributed by atoms with Crippen molar-refractivity contribution in [2.45, 2.75) is 27.2 Å². The summed E-state index contributed by atoms with van der Waals surface area (Å²) in [6.07, 6.45) is 0.827. The van der Waals surface area contributed by atoms with Crippen LogP contribution >= 0.6 is 0 Å². The van der Waals surface area contributed by atoms with Crippen LogP contribution in [0.4, 0.5) is 10.5 Å². The summed E-state index contributed by atoms with van der Waals surface area (Å²) in [6, 6.07) is 5.83. The Bertz CT molecular complexity index is 391. The van der Waals surface area contributed by atoms with Gasteiger partial charge in [-0.05, 0) is 44.4 Å². The summed E-state index contributed by atoms with van der Waals surface area (Å²) >= 11 is 0. The molecule has 0 aliphatic carbocycles. The van der Waals surface area contributed by atoms with Crippen molar-refractivity contribution in [3.8, 4) is 0 Å². The molecule has 0 spiro atoms. The lowest BCUT2D eigenvalue weighted by Crippen LogP contribution is -2.30. The van der Waals surface area contributed by atoms with E-state index in [2.05, 4.69) is 10.6 Å². The third-order valence-electron chi connectivity index (χ3n) is 2.60. The van der Waals surface area contributed by atoms with E-state index in [0.29, 0.717) is 19.8 Å². The van der Waals surface area contributed by atoms with Crippen LogP contribution < -0.4 is 10.6 Å². The first-order valence-electron chi connectivity index (χ1n) is 6.33. The number of ether oxygens (including phenoxy) is 1. The van der Waals surface area contributed by atoms with Crippen molar-refractivity contribution in [1.82, 2.24) is 5.32 Å². The molecular formula is C14H22N2O2. The molecule has 100 valence electrons. The second-order valence-electron chi connectivity index (χ2n) is 4.25. The fourth-order valence-corrected chi connectivity index (χ4v) is 1.56. The van der Waals surface area contributed by atoms with Gasteiger partial charge in [-0.1, -0.05) is 12.1 Å². The van der Waals surface area contributed by atoms with Gasteiger partial charge in [-0.15, -0.1) is 0 Å². The highest BCUT2D eigenvalue weighted by molar-refractivity contribution is 5.90. The van der Waals surface area contributed by atoms with Crippen LogP contribution in [0, 0.1) is 13.8 Å². The van der Waals surface area contributed by atoms with Gasteiger partial charge in [-0.2, -0.15) is 0 Å². The summed E-state index contributed by atoms with van der Waals surface area (Å²) in [7, 11) is 0. The number of anilines is 1. The zero-order valence-corrected chi connectivity index (χ0v) is 11.4. The number of hydrogen-bond acceptors (Lipinski definition) is 2. The van der Waals surface area contributed by atoms with E-state index in [1.165, 1.54) is 0 Å². The number of urea groups is 1. The Morgan fingerprint density at radius 3 is 2.83 bits per heavy atom. The molecule has 0 fully saturated rings. The number of amides is 2. The predicted molar refractivity (Wildman–Crippen MR) is 74.0 cm³/mol. The zero-order valence-electron chi connectivity index (χ0n) is 11.4. The third kappa shape index (κ3) is 5.19. The Balaban J connectivity index is 2.33. The number of rotatable bonds is 6. The Morgan fingerprint density at radius 2 is 2.11 bits per heavy atom. The van der Waals surface area contributed by atoms with E-state index in [1.54, 1.807) is 0 Å². The van der Waals surface area contributed by atoms with Gasteiger partial charge >= 0.3 is 6.03 Å². The summed E-state index contributed by atoms with van der Waals surface area (Å²) in [4.78, 5) is 11.6. The zero-order chi connectivity index (χ0) is 13.4. The van der Waals surface area contributed by atoms with Gasteiger partial charge in [0.05, 0.1) is 0 Å². The largest absolute Gasteiger partial charge is 0.382 e. The molecule has 0 aliphatic rings. The second-order valence-corrected chi connectivity index (χ2v) is 4.25. The average molecular weight is 250 g/mol. The molecule has 0 saturated heterocycles. The third-order valence-corrected chi connectivity index (χ3v) is 2.60. The monoisotopic (exact) mass is 250 g/mol. The fourth-order valence-electron chi connectivity index (χ4n) is 1.56. The minimum Gasteiger partial charge on any atom is -0.382 e. The van der Waals surface area contributed by atoms with Crippen molar-refractivity contribution < 1.29 is 9.53 Å². The van der Waals surface area contributed by atoms with Crippen molar-refractivity contribution in [3.05, 3.63) is 29.3 Å². The molecule has 4 nitrogen and oxygen atoms in total. The SMILES string of the molecule is CCOCCCNC(=O)Nc1cc(C)ccc1C. The second kappa shape index (κ2) is 7.71. The van der Waals surface area contributed by atoms with Gasteiger partial charge in [0, 0.05) is 25.4 Å². The van der Waals surface area contributed by atoms with E-state index in [-0.39, 0.29) is 6.03 Å². The molecule has 0 saturated carbocycles. The molecule has 0 bridgehead atoms. The van der Waals surface area contributed by atoms with Crippen LogP contribution in [-0.2, 0) is 4.74 Å². The topological polar surface area (TPSA) is 50.4 Å². The van der Waals surface area contributed by atoms with Crippen LogP contribution in [0.3, 0.4) is 0 Å². The van der Waals surface area contributed by atoms with Crippen LogP contribution in [0.1, 0.15) is 24.5 Å². The van der Waals surface area contributed by atoms with Gasteiger partial charge < -0.3 is 15.4 Å². The summed E-state index contributed by atoms with van der Waals surface area (Å²) in [6.45, 7) is 7.96. The van der Waals surface area contributed by atoms with Crippen molar-refractivity contribution >= 4 is 11.7 Å². The van der Waals surface area contributed by atoms with Crippen LogP contribution in [-0.4, -0.2) is 25.8 Å². The van der Waals surface area contributed by atoms with E-state index >= 15 is 0 Å². The highest BCUT2D eigenvalue weighted by Crippen LogP contribution is 2.15. The minimum atomic E-state index is -0.166. The van der Waals surface area contributed by atoms with Gasteiger partial charge in [0.1, 0.15) is 0 Å². The van der Waals surface area contributed by atoms with Crippen LogP contribution in [0.25, 0.3) is 0 Å². The molecule has 0 aromatic heterocycles. The number of carbonyl (C=O) groups excluding carboxylic acids is 1. The molecule has 1 aromatic rings. The Labute approximate surface area is 109 Å². The number of aryl methyl sites for hydroxylation is 2. The summed E-state index contributed by atoms with van der Waals surface area (Å²) in [5.41, 5.74) is 3.05. The molecule has 1 aromatic carbocycles. The first kappa shape index (κ1) is 14.5. The molecular weight excluding hydrogens is 228 g/mol. The quantitative estimate of drug-likeness (QED) is 0.763. The molecule has 0 atom stereocenters. The number of carbonyl (C=O) groups is 1. The van der Waals surface area contributed by atoms with E-state index in [0.717, 1.165) is 23.2 Å². The molecule has 0 unspecified atom stereocenters. The van der Waals surface area contributed by atoms with Gasteiger partial charge in [-0.25, -0.2) is 4.79 Å². The van der Waals surface area contributed by atoms with Crippen molar-refractivity contribution in [3.63, 3.8) is 0 Å². The molecule has 18 heavy (non-hydrogen) atoms. The van der Waals surface area contributed by atoms with E-state index < -0.39 is 0 Å². The maximum absolute atomic E-state index is 11.6. The first-order chi connectivity index (χ1) is 8.63. The average Bonchev–Trinajstić information content (AvgIpc) is 2.33. The van der Waals surface area contributed by atoms with Crippen molar-refractivity contribution in [2.75, 3.05) is 25.1 Å². The predicted octanol–water partition coefficient (Wildman–Crippen LogP) is 2.85. The van der Waals surface area contributed by atoms with Gasteiger partial charge in [-0.3, -0.25) is 0 Å². The number of benzene rings is 1. The smallest absolute Gasteiger partial charge is 0.319 e. The van der Waals surface area contributed by atoms with E-state index in [9.17, 15) is 4.79 Å². The maximum atomic E-state index is 11.6. The molecule has 0 heterocycles. The van der Waals surface area contributed by atoms with E-state index in [1.807, 2.05) is 39.0 Å². The Morgan fingerprint density at radius 1 is 1.33 bits per heavy atom. The minimum absolute atomic E-state index is 0.166. The highest BCUT2D eigenvalue weighted by Gasteiger charge is 2.03. The first-order valence-corrected chi connectivity index (χ1v) is 6.33. The van der Waals surface area contributed by atoms with E-state index in [4.69, 9.17) is 4.74 Å². The molecule has 1 rings (SSSR count). The highest BCUT2D eigenvalue weighted by atomic mass is 16.5. The lowest BCUT2D eigenvalue weighted by molar-refractivity contribution is 0.145. The Hall–Kier alpha value is -1.55.